The maximum atomic E-state index is 11.6. The second-order valence-electron chi connectivity index (χ2n) is 6.84. The fourth-order valence-electron chi connectivity index (χ4n) is 3.66. The zero-order valence-electron chi connectivity index (χ0n) is 16.0. The third-order valence-electron chi connectivity index (χ3n) is 5.10. The van der Waals surface area contributed by atoms with E-state index in [0.717, 1.165) is 43.4 Å². The van der Waals surface area contributed by atoms with Crippen LogP contribution in [0.15, 0.2) is 17.1 Å². The van der Waals surface area contributed by atoms with E-state index >= 15 is 0 Å². The zero-order valence-corrected chi connectivity index (χ0v) is 19.2. The quantitative estimate of drug-likeness (QED) is 0.378. The summed E-state index contributed by atoms with van der Waals surface area (Å²) in [5.41, 5.74) is 2.46. The van der Waals surface area contributed by atoms with Crippen molar-refractivity contribution < 1.29 is 17.9 Å². The molecule has 9 heteroatoms. The Balaban J connectivity index is 0.00000261. The molecule has 0 aliphatic carbocycles. The SMILES string of the molecule is CN=C(NCC1CCS(=O)(=O)C1)N1CCc2cc(OC)c(OC)cc2C1.I. The molecule has 2 aliphatic heterocycles. The first-order chi connectivity index (χ1) is 12.5. The molecule has 7 nitrogen and oxygen atoms in total. The van der Waals surface area contributed by atoms with Crippen molar-refractivity contribution in [1.82, 2.24) is 10.2 Å². The van der Waals surface area contributed by atoms with Gasteiger partial charge in [-0.1, -0.05) is 0 Å². The lowest BCUT2D eigenvalue weighted by Gasteiger charge is -2.32. The highest BCUT2D eigenvalue weighted by atomic mass is 127. The molecule has 1 atom stereocenters. The Bertz CT molecular complexity index is 798. The predicted molar refractivity (Wildman–Crippen MR) is 117 cm³/mol. The first-order valence-corrected chi connectivity index (χ1v) is 10.7. The number of hydrogen-bond acceptors (Lipinski definition) is 5. The van der Waals surface area contributed by atoms with Gasteiger partial charge in [-0.05, 0) is 42.0 Å². The maximum absolute atomic E-state index is 11.6. The highest BCUT2D eigenvalue weighted by Gasteiger charge is 2.28. The van der Waals surface area contributed by atoms with E-state index in [1.807, 2.05) is 12.1 Å². The summed E-state index contributed by atoms with van der Waals surface area (Å²) in [5.74, 6) is 3.04. The molecule has 1 aromatic carbocycles. The molecule has 0 bridgehead atoms. The van der Waals surface area contributed by atoms with Crippen LogP contribution in [-0.2, 0) is 22.8 Å². The number of halogens is 1. The summed E-state index contributed by atoms with van der Waals surface area (Å²) < 4.78 is 34.0. The Kier molecular flexibility index (Phi) is 7.61. The lowest BCUT2D eigenvalue weighted by Crippen LogP contribution is -2.45. The summed E-state index contributed by atoms with van der Waals surface area (Å²) in [4.78, 5) is 6.58. The van der Waals surface area contributed by atoms with Crippen molar-refractivity contribution in [3.8, 4) is 11.5 Å². The molecule has 1 N–H and O–H groups in total. The summed E-state index contributed by atoms with van der Waals surface area (Å²) in [6.07, 6.45) is 1.63. The van der Waals surface area contributed by atoms with Crippen molar-refractivity contribution in [3.05, 3.63) is 23.3 Å². The van der Waals surface area contributed by atoms with E-state index in [0.29, 0.717) is 12.3 Å². The topological polar surface area (TPSA) is 80.2 Å². The molecule has 1 unspecified atom stereocenters. The van der Waals surface area contributed by atoms with Gasteiger partial charge in [0.25, 0.3) is 0 Å². The number of aliphatic imine (C=N–C) groups is 1. The minimum absolute atomic E-state index is 0. The summed E-state index contributed by atoms with van der Waals surface area (Å²) >= 11 is 0. The second kappa shape index (κ2) is 9.31. The van der Waals surface area contributed by atoms with Crippen LogP contribution in [0.3, 0.4) is 0 Å². The van der Waals surface area contributed by atoms with Crippen LogP contribution in [0, 0.1) is 5.92 Å². The standard InChI is InChI=1S/C18H27N3O4S.HI/c1-19-18(20-10-13-5-7-26(22,23)12-13)21-6-4-14-8-16(24-2)17(25-3)9-15(14)11-21;/h8-9,13H,4-7,10-12H2,1-3H3,(H,19,20);1H. The Morgan fingerprint density at radius 1 is 1.26 bits per heavy atom. The van der Waals surface area contributed by atoms with Gasteiger partial charge in [-0.2, -0.15) is 0 Å². The monoisotopic (exact) mass is 509 g/mol. The third-order valence-corrected chi connectivity index (χ3v) is 6.94. The number of guanidine groups is 1. The van der Waals surface area contributed by atoms with Gasteiger partial charge in [0.05, 0.1) is 25.7 Å². The van der Waals surface area contributed by atoms with E-state index in [4.69, 9.17) is 9.47 Å². The molecule has 152 valence electrons. The Labute approximate surface area is 178 Å². The van der Waals surface area contributed by atoms with E-state index in [1.54, 1.807) is 21.3 Å². The van der Waals surface area contributed by atoms with Gasteiger partial charge in [-0.3, -0.25) is 4.99 Å². The molecule has 2 aliphatic rings. The van der Waals surface area contributed by atoms with Crippen LogP contribution in [0.2, 0.25) is 0 Å². The van der Waals surface area contributed by atoms with E-state index in [1.165, 1.54) is 11.1 Å². The minimum Gasteiger partial charge on any atom is -0.493 e. The average Bonchev–Trinajstić information content (AvgIpc) is 2.99. The van der Waals surface area contributed by atoms with Gasteiger partial charge in [-0.25, -0.2) is 8.42 Å². The smallest absolute Gasteiger partial charge is 0.193 e. The van der Waals surface area contributed by atoms with Gasteiger partial charge in [0.2, 0.25) is 0 Å². The summed E-state index contributed by atoms with van der Waals surface area (Å²) in [6, 6.07) is 4.07. The number of ether oxygens (including phenoxy) is 2. The zero-order chi connectivity index (χ0) is 18.7. The molecule has 1 saturated heterocycles. The lowest BCUT2D eigenvalue weighted by atomic mass is 9.99. The van der Waals surface area contributed by atoms with Gasteiger partial charge >= 0.3 is 0 Å². The van der Waals surface area contributed by atoms with E-state index < -0.39 is 9.84 Å². The summed E-state index contributed by atoms with van der Waals surface area (Å²) in [7, 11) is 2.20. The lowest BCUT2D eigenvalue weighted by molar-refractivity contribution is 0.345. The Hall–Kier alpha value is -1.23. The van der Waals surface area contributed by atoms with Gasteiger partial charge in [0, 0.05) is 26.7 Å². The normalized spacial score (nSPS) is 21.2. The number of methoxy groups -OCH3 is 2. The van der Waals surface area contributed by atoms with Crippen LogP contribution in [0.1, 0.15) is 17.5 Å². The Morgan fingerprint density at radius 3 is 2.48 bits per heavy atom. The molecule has 27 heavy (non-hydrogen) atoms. The number of rotatable bonds is 4. The molecule has 1 fully saturated rings. The molecular weight excluding hydrogens is 481 g/mol. The van der Waals surface area contributed by atoms with E-state index in [2.05, 4.69) is 15.2 Å². The van der Waals surface area contributed by atoms with Crippen LogP contribution in [0.25, 0.3) is 0 Å². The number of nitrogens with zero attached hydrogens (tertiary/aromatic N) is 2. The van der Waals surface area contributed by atoms with Crippen LogP contribution in [-0.4, -0.2) is 65.1 Å². The Morgan fingerprint density at radius 2 is 1.93 bits per heavy atom. The minimum atomic E-state index is -2.85. The second-order valence-corrected chi connectivity index (χ2v) is 9.07. The molecule has 2 heterocycles. The number of hydrogen-bond donors (Lipinski definition) is 1. The highest BCUT2D eigenvalue weighted by Crippen LogP contribution is 2.33. The summed E-state index contributed by atoms with van der Waals surface area (Å²) in [6.45, 7) is 2.23. The van der Waals surface area contributed by atoms with Crippen molar-refractivity contribution in [2.24, 2.45) is 10.9 Å². The van der Waals surface area contributed by atoms with Crippen molar-refractivity contribution in [3.63, 3.8) is 0 Å². The molecule has 0 aromatic heterocycles. The predicted octanol–water partition coefficient (Wildman–Crippen LogP) is 1.69. The average molecular weight is 509 g/mol. The molecule has 0 spiro atoms. The molecule has 0 amide bonds. The first-order valence-electron chi connectivity index (χ1n) is 8.85. The van der Waals surface area contributed by atoms with E-state index in [9.17, 15) is 8.42 Å². The van der Waals surface area contributed by atoms with Gasteiger partial charge in [0.1, 0.15) is 0 Å². The van der Waals surface area contributed by atoms with Crippen LogP contribution < -0.4 is 14.8 Å². The number of fused-ring (bicyclic) bond motifs is 1. The fraction of sp³-hybridized carbons (Fsp3) is 0.611. The van der Waals surface area contributed by atoms with Crippen LogP contribution >= 0.6 is 24.0 Å². The first kappa shape index (κ1) is 22.1. The van der Waals surface area contributed by atoms with Crippen molar-refractivity contribution in [2.45, 2.75) is 19.4 Å². The molecule has 3 rings (SSSR count). The third kappa shape index (κ3) is 5.18. The van der Waals surface area contributed by atoms with Gasteiger partial charge in [-0.15, -0.1) is 24.0 Å². The van der Waals surface area contributed by atoms with Crippen molar-refractivity contribution in [1.29, 1.82) is 0 Å². The molecule has 1 aromatic rings. The fourth-order valence-corrected chi connectivity index (χ4v) is 5.53. The summed E-state index contributed by atoms with van der Waals surface area (Å²) in [5, 5.41) is 3.36. The van der Waals surface area contributed by atoms with Gasteiger partial charge < -0.3 is 19.7 Å². The van der Waals surface area contributed by atoms with E-state index in [-0.39, 0.29) is 35.6 Å². The van der Waals surface area contributed by atoms with Crippen LogP contribution in [0.4, 0.5) is 0 Å². The molecule has 0 radical (unpaired) electrons. The number of sulfone groups is 1. The number of nitrogens with one attached hydrogen (secondary N) is 1. The maximum Gasteiger partial charge on any atom is 0.193 e. The van der Waals surface area contributed by atoms with Crippen LogP contribution in [0.5, 0.6) is 11.5 Å². The van der Waals surface area contributed by atoms with Crippen molar-refractivity contribution in [2.75, 3.05) is 45.9 Å². The molecular formula is C18H28IN3O4S. The number of benzene rings is 1. The van der Waals surface area contributed by atoms with Crippen molar-refractivity contribution >= 4 is 39.8 Å². The highest BCUT2D eigenvalue weighted by molar-refractivity contribution is 14.0. The largest absolute Gasteiger partial charge is 0.493 e. The van der Waals surface area contributed by atoms with Gasteiger partial charge in [0.15, 0.2) is 27.3 Å². The molecule has 0 saturated carbocycles.